The average molecular weight is 361 g/mol. The Bertz CT molecular complexity index is 742. The fraction of sp³-hybridized carbons (Fsp3) is 0.182. The number of rotatable bonds is 4. The van der Waals surface area contributed by atoms with Gasteiger partial charge in [-0.2, -0.15) is 5.10 Å². The molecule has 0 saturated heterocycles. The van der Waals surface area contributed by atoms with Crippen molar-refractivity contribution in [3.8, 4) is 5.75 Å². The molecule has 0 bridgehead atoms. The van der Waals surface area contributed by atoms with Crippen LogP contribution < -0.4 is 15.2 Å². The van der Waals surface area contributed by atoms with Crippen molar-refractivity contribution in [3.63, 3.8) is 0 Å². The molecule has 1 heterocycles. The Kier molecular flexibility index (Phi) is 3.91. The standard InChI is InChI=1S/C11H13BrN4O3S/c1-16-6-10(11(13)14-16)20(17,18)15-8-3-7(12)4-9(5-8)19-2/h3-6,15H,1-2H3,(H2,13,14). The Hall–Kier alpha value is -1.74. The molecule has 0 spiro atoms. The van der Waals surface area contributed by atoms with Gasteiger partial charge < -0.3 is 10.5 Å². The molecular formula is C11H13BrN4O3S. The van der Waals surface area contributed by atoms with E-state index in [1.807, 2.05) is 0 Å². The third kappa shape index (κ3) is 3.05. The average Bonchev–Trinajstić information content (AvgIpc) is 2.67. The molecule has 0 fully saturated rings. The van der Waals surface area contributed by atoms with Gasteiger partial charge in [0, 0.05) is 23.8 Å². The number of hydrogen-bond donors (Lipinski definition) is 2. The van der Waals surface area contributed by atoms with Crippen LogP contribution in [0.1, 0.15) is 0 Å². The molecule has 3 N–H and O–H groups in total. The molecule has 0 saturated carbocycles. The van der Waals surface area contributed by atoms with Crippen molar-refractivity contribution in [3.05, 3.63) is 28.9 Å². The van der Waals surface area contributed by atoms with Gasteiger partial charge in [-0.3, -0.25) is 9.40 Å². The van der Waals surface area contributed by atoms with Crippen molar-refractivity contribution < 1.29 is 13.2 Å². The van der Waals surface area contributed by atoms with Gasteiger partial charge in [0.1, 0.15) is 10.6 Å². The van der Waals surface area contributed by atoms with Crippen LogP contribution >= 0.6 is 15.9 Å². The van der Waals surface area contributed by atoms with E-state index >= 15 is 0 Å². The quantitative estimate of drug-likeness (QED) is 0.861. The lowest BCUT2D eigenvalue weighted by Crippen LogP contribution is -2.14. The van der Waals surface area contributed by atoms with E-state index in [1.54, 1.807) is 25.2 Å². The van der Waals surface area contributed by atoms with E-state index in [1.165, 1.54) is 18.0 Å². The minimum Gasteiger partial charge on any atom is -0.497 e. The molecule has 0 aliphatic heterocycles. The predicted octanol–water partition coefficient (Wildman–Crippen LogP) is 1.57. The van der Waals surface area contributed by atoms with E-state index in [-0.39, 0.29) is 10.7 Å². The van der Waals surface area contributed by atoms with Gasteiger partial charge in [0.05, 0.1) is 12.8 Å². The number of aryl methyl sites for hydroxylation is 1. The van der Waals surface area contributed by atoms with Crippen LogP contribution in [0.3, 0.4) is 0 Å². The third-order valence-corrected chi connectivity index (χ3v) is 4.33. The van der Waals surface area contributed by atoms with Gasteiger partial charge in [-0.15, -0.1) is 0 Å². The first kappa shape index (κ1) is 14.7. The Balaban J connectivity index is 2.38. The molecule has 1 aromatic carbocycles. The molecule has 2 rings (SSSR count). The van der Waals surface area contributed by atoms with E-state index in [4.69, 9.17) is 10.5 Å². The number of nitrogens with two attached hydrogens (primary N) is 1. The van der Waals surface area contributed by atoms with Crippen molar-refractivity contribution in [1.82, 2.24) is 9.78 Å². The number of nitrogens with zero attached hydrogens (tertiary/aromatic N) is 2. The minimum atomic E-state index is -3.80. The van der Waals surface area contributed by atoms with Crippen LogP contribution in [0, 0.1) is 0 Å². The monoisotopic (exact) mass is 360 g/mol. The van der Waals surface area contributed by atoms with E-state index in [0.29, 0.717) is 15.9 Å². The van der Waals surface area contributed by atoms with Gasteiger partial charge >= 0.3 is 0 Å². The lowest BCUT2D eigenvalue weighted by molar-refractivity contribution is 0.415. The molecule has 0 atom stereocenters. The first-order valence-electron chi connectivity index (χ1n) is 5.48. The molecule has 1 aromatic heterocycles. The SMILES string of the molecule is COc1cc(Br)cc(NS(=O)(=O)c2cn(C)nc2N)c1. The number of anilines is 2. The number of ether oxygens (including phenoxy) is 1. The first-order valence-corrected chi connectivity index (χ1v) is 7.76. The smallest absolute Gasteiger partial charge is 0.267 e. The lowest BCUT2D eigenvalue weighted by atomic mass is 10.3. The Labute approximate surface area is 124 Å². The van der Waals surface area contributed by atoms with Crippen LogP contribution in [0.25, 0.3) is 0 Å². The molecule has 0 amide bonds. The molecule has 0 aliphatic rings. The molecule has 7 nitrogen and oxygen atoms in total. The van der Waals surface area contributed by atoms with Crippen molar-refractivity contribution in [2.24, 2.45) is 7.05 Å². The number of aromatic nitrogens is 2. The van der Waals surface area contributed by atoms with Crippen molar-refractivity contribution in [1.29, 1.82) is 0 Å². The van der Waals surface area contributed by atoms with Crippen LogP contribution in [0.4, 0.5) is 11.5 Å². The summed E-state index contributed by atoms with van der Waals surface area (Å²) >= 11 is 3.28. The largest absolute Gasteiger partial charge is 0.497 e. The molecule has 2 aromatic rings. The number of halogens is 1. The first-order chi connectivity index (χ1) is 9.31. The molecule has 20 heavy (non-hydrogen) atoms. The van der Waals surface area contributed by atoms with E-state index in [0.717, 1.165) is 0 Å². The van der Waals surface area contributed by atoms with E-state index < -0.39 is 10.0 Å². The number of methoxy groups -OCH3 is 1. The second-order valence-corrected chi connectivity index (χ2v) is 6.60. The van der Waals surface area contributed by atoms with Crippen molar-refractivity contribution in [2.75, 3.05) is 17.6 Å². The van der Waals surface area contributed by atoms with Gasteiger partial charge in [0.15, 0.2) is 5.82 Å². The predicted molar refractivity (Wildman–Crippen MR) is 79.1 cm³/mol. The van der Waals surface area contributed by atoms with Crippen molar-refractivity contribution >= 4 is 37.5 Å². The van der Waals surface area contributed by atoms with E-state index in [9.17, 15) is 8.42 Å². The zero-order chi connectivity index (χ0) is 14.9. The number of sulfonamides is 1. The van der Waals surface area contributed by atoms with Crippen molar-refractivity contribution in [2.45, 2.75) is 4.90 Å². The second kappa shape index (κ2) is 5.33. The maximum atomic E-state index is 12.2. The van der Waals surface area contributed by atoms with Gasteiger partial charge in [0.25, 0.3) is 10.0 Å². The van der Waals surface area contributed by atoms with Gasteiger partial charge in [0.2, 0.25) is 0 Å². The van der Waals surface area contributed by atoms with Gasteiger partial charge in [-0.25, -0.2) is 8.42 Å². The molecule has 9 heteroatoms. The number of hydrogen-bond acceptors (Lipinski definition) is 5. The molecule has 0 aliphatic carbocycles. The fourth-order valence-electron chi connectivity index (χ4n) is 1.64. The number of benzene rings is 1. The summed E-state index contributed by atoms with van der Waals surface area (Å²) in [5, 5.41) is 3.81. The highest BCUT2D eigenvalue weighted by atomic mass is 79.9. The summed E-state index contributed by atoms with van der Waals surface area (Å²) in [5.74, 6) is 0.471. The topological polar surface area (TPSA) is 99.2 Å². The summed E-state index contributed by atoms with van der Waals surface area (Å²) in [4.78, 5) is -0.0704. The second-order valence-electron chi connectivity index (χ2n) is 4.04. The Morgan fingerprint density at radius 1 is 1.40 bits per heavy atom. The normalized spacial score (nSPS) is 11.3. The Morgan fingerprint density at radius 2 is 2.10 bits per heavy atom. The minimum absolute atomic E-state index is 0.0537. The number of nitrogen functional groups attached to an aromatic ring is 1. The number of nitrogens with one attached hydrogen (secondary N) is 1. The maximum Gasteiger partial charge on any atom is 0.267 e. The van der Waals surface area contributed by atoms with Crippen LogP contribution in [0.2, 0.25) is 0 Å². The molecule has 0 radical (unpaired) electrons. The summed E-state index contributed by atoms with van der Waals surface area (Å²) in [6.45, 7) is 0. The summed E-state index contributed by atoms with van der Waals surface area (Å²) in [7, 11) is -0.706. The van der Waals surface area contributed by atoms with Gasteiger partial charge in [-0.05, 0) is 12.1 Å². The highest BCUT2D eigenvalue weighted by Crippen LogP contribution is 2.27. The summed E-state index contributed by atoms with van der Waals surface area (Å²) in [6.07, 6.45) is 1.34. The molecular weight excluding hydrogens is 348 g/mol. The summed E-state index contributed by atoms with van der Waals surface area (Å²) in [5.41, 5.74) is 5.94. The Morgan fingerprint density at radius 3 is 2.65 bits per heavy atom. The van der Waals surface area contributed by atoms with E-state index in [2.05, 4.69) is 25.8 Å². The zero-order valence-electron chi connectivity index (χ0n) is 10.8. The van der Waals surface area contributed by atoms with Crippen LogP contribution in [-0.4, -0.2) is 25.3 Å². The highest BCUT2D eigenvalue weighted by molar-refractivity contribution is 9.10. The lowest BCUT2D eigenvalue weighted by Gasteiger charge is -2.09. The third-order valence-electron chi connectivity index (χ3n) is 2.47. The summed E-state index contributed by atoms with van der Waals surface area (Å²) < 4.78 is 34.0. The fourth-order valence-corrected chi connectivity index (χ4v) is 3.26. The maximum absolute atomic E-state index is 12.2. The van der Waals surface area contributed by atoms with Crippen LogP contribution in [-0.2, 0) is 17.1 Å². The zero-order valence-corrected chi connectivity index (χ0v) is 13.2. The molecule has 0 unspecified atom stereocenters. The van der Waals surface area contributed by atoms with Crippen LogP contribution in [0.5, 0.6) is 5.75 Å². The summed E-state index contributed by atoms with van der Waals surface area (Å²) in [6, 6.07) is 4.90. The molecule has 108 valence electrons. The van der Waals surface area contributed by atoms with Gasteiger partial charge in [-0.1, -0.05) is 15.9 Å². The highest BCUT2D eigenvalue weighted by Gasteiger charge is 2.21. The van der Waals surface area contributed by atoms with Crippen LogP contribution in [0.15, 0.2) is 33.8 Å².